The highest BCUT2D eigenvalue weighted by Crippen LogP contribution is 2.52. The summed E-state index contributed by atoms with van der Waals surface area (Å²) in [5.41, 5.74) is 1.73. The lowest BCUT2D eigenvalue weighted by Crippen LogP contribution is -2.43. The number of benzene rings is 5. The molecule has 0 bridgehead atoms. The Hall–Kier alpha value is -4.80. The number of nitrogens with zero attached hydrogens (tertiary/aromatic N) is 2. The van der Waals surface area contributed by atoms with E-state index in [2.05, 4.69) is 27.7 Å². The van der Waals surface area contributed by atoms with Gasteiger partial charge in [0.1, 0.15) is 24.7 Å². The molecule has 296 valence electrons. The van der Waals surface area contributed by atoms with Gasteiger partial charge in [0.25, 0.3) is 23.6 Å². The Morgan fingerprint density at radius 2 is 0.911 bits per heavy atom. The van der Waals surface area contributed by atoms with E-state index >= 15 is 0 Å². The highest BCUT2D eigenvalue weighted by atomic mass is 16.5. The summed E-state index contributed by atoms with van der Waals surface area (Å²) in [7, 11) is 3.20. The van der Waals surface area contributed by atoms with Crippen LogP contribution in [0.15, 0.2) is 36.4 Å². The van der Waals surface area contributed by atoms with Gasteiger partial charge in [-0.1, -0.05) is 78.4 Å². The second-order valence-corrected chi connectivity index (χ2v) is 15.4. The van der Waals surface area contributed by atoms with Crippen molar-refractivity contribution in [2.45, 2.75) is 79.1 Å². The van der Waals surface area contributed by atoms with E-state index in [1.807, 2.05) is 24.3 Å². The fourth-order valence-electron chi connectivity index (χ4n) is 8.87. The summed E-state index contributed by atoms with van der Waals surface area (Å²) in [5.74, 6) is -0.00867. The van der Waals surface area contributed by atoms with Crippen LogP contribution in [-0.2, 0) is 9.47 Å². The van der Waals surface area contributed by atoms with Crippen LogP contribution >= 0.6 is 0 Å². The molecule has 5 aromatic rings. The van der Waals surface area contributed by atoms with E-state index in [4.69, 9.17) is 18.9 Å². The van der Waals surface area contributed by atoms with Gasteiger partial charge in [0.2, 0.25) is 0 Å². The first-order valence-corrected chi connectivity index (χ1v) is 20.5. The molecule has 7 rings (SSSR count). The van der Waals surface area contributed by atoms with Crippen LogP contribution in [-0.4, -0.2) is 87.2 Å². The first kappa shape index (κ1) is 39.4. The van der Waals surface area contributed by atoms with Gasteiger partial charge in [0.15, 0.2) is 0 Å². The Kier molecular flexibility index (Phi) is 11.8. The molecule has 0 fully saturated rings. The van der Waals surface area contributed by atoms with E-state index in [9.17, 15) is 19.2 Å². The highest BCUT2D eigenvalue weighted by Gasteiger charge is 2.40. The molecule has 56 heavy (non-hydrogen) atoms. The number of imide groups is 2. The summed E-state index contributed by atoms with van der Waals surface area (Å²) in [4.78, 5) is 60.6. The lowest BCUT2D eigenvalue weighted by molar-refractivity contribution is 0.0565. The molecule has 4 amide bonds. The van der Waals surface area contributed by atoms with Crippen LogP contribution in [0.5, 0.6) is 11.5 Å². The number of fused-ring (bicyclic) bond motifs is 2. The Labute approximate surface area is 328 Å². The molecule has 2 aliphatic rings. The van der Waals surface area contributed by atoms with Crippen molar-refractivity contribution in [3.8, 4) is 11.5 Å². The zero-order valence-corrected chi connectivity index (χ0v) is 33.7. The second-order valence-electron chi connectivity index (χ2n) is 15.4. The molecule has 0 saturated carbocycles. The van der Waals surface area contributed by atoms with Crippen molar-refractivity contribution >= 4 is 66.7 Å². The summed E-state index contributed by atoms with van der Waals surface area (Å²) in [6.45, 7) is 10.2. The topological polar surface area (TPSA) is 112 Å². The summed E-state index contributed by atoms with van der Waals surface area (Å²) >= 11 is 0. The summed E-state index contributed by atoms with van der Waals surface area (Å²) in [5, 5.41) is 5.42. The molecule has 0 radical (unpaired) electrons. The minimum atomic E-state index is -0.351. The van der Waals surface area contributed by atoms with Crippen LogP contribution in [0.25, 0.3) is 43.1 Å². The van der Waals surface area contributed by atoms with E-state index in [1.165, 1.54) is 9.80 Å². The van der Waals surface area contributed by atoms with Gasteiger partial charge in [-0.3, -0.25) is 29.0 Å². The number of ether oxygens (including phenoxy) is 4. The molecule has 0 saturated heterocycles. The van der Waals surface area contributed by atoms with E-state index in [1.54, 1.807) is 26.4 Å². The SMILES string of the molecule is CCCCC(CC)CN1C(=O)c2ccc3c4c(OCCOC)cc5c6c(cc(OCCOC)c(c7ccc(c2c37)C1=O)c64)C(=O)N(CC(CC)CCCC)C5=O. The van der Waals surface area contributed by atoms with Crippen molar-refractivity contribution in [2.75, 3.05) is 53.7 Å². The molecular weight excluding hydrogens is 709 g/mol. The normalized spacial score (nSPS) is 15.3. The first-order chi connectivity index (χ1) is 27.2. The molecule has 0 spiro atoms. The molecule has 2 atom stereocenters. The zero-order valence-electron chi connectivity index (χ0n) is 33.7. The second kappa shape index (κ2) is 16.7. The highest BCUT2D eigenvalue weighted by molar-refractivity contribution is 6.43. The predicted octanol–water partition coefficient (Wildman–Crippen LogP) is 9.41. The minimum absolute atomic E-state index is 0.171. The summed E-state index contributed by atoms with van der Waals surface area (Å²) < 4.78 is 23.7. The smallest absolute Gasteiger partial charge is 0.261 e. The van der Waals surface area contributed by atoms with Crippen molar-refractivity contribution < 1.29 is 38.1 Å². The molecule has 10 nitrogen and oxygen atoms in total. The molecule has 2 unspecified atom stereocenters. The fourth-order valence-corrected chi connectivity index (χ4v) is 8.87. The number of unbranched alkanes of at least 4 members (excludes halogenated alkanes) is 2. The van der Waals surface area contributed by atoms with E-state index in [0.717, 1.165) is 67.5 Å². The molecule has 0 aromatic heterocycles. The van der Waals surface area contributed by atoms with Crippen LogP contribution in [0.1, 0.15) is 120 Å². The maximum absolute atomic E-state index is 14.6. The quantitative estimate of drug-likeness (QED) is 0.0334. The van der Waals surface area contributed by atoms with Crippen molar-refractivity contribution in [3.05, 3.63) is 58.7 Å². The average molecular weight is 763 g/mol. The molecule has 2 heterocycles. The average Bonchev–Trinajstić information content (AvgIpc) is 3.21. The van der Waals surface area contributed by atoms with Crippen molar-refractivity contribution in [1.29, 1.82) is 0 Å². The molecule has 2 aliphatic heterocycles. The summed E-state index contributed by atoms with van der Waals surface area (Å²) in [6, 6.07) is 11.0. The first-order valence-electron chi connectivity index (χ1n) is 20.5. The van der Waals surface area contributed by atoms with Crippen molar-refractivity contribution in [1.82, 2.24) is 9.80 Å². The predicted molar refractivity (Wildman–Crippen MR) is 220 cm³/mol. The van der Waals surface area contributed by atoms with E-state index in [-0.39, 0.29) is 48.7 Å². The van der Waals surface area contributed by atoms with Crippen LogP contribution < -0.4 is 9.47 Å². The van der Waals surface area contributed by atoms with Gasteiger partial charge in [0, 0.05) is 65.4 Å². The lowest BCUT2D eigenvalue weighted by Gasteiger charge is -2.33. The zero-order chi connectivity index (χ0) is 39.7. The van der Waals surface area contributed by atoms with Crippen molar-refractivity contribution in [2.24, 2.45) is 11.8 Å². The standard InChI is InChI=1S/C46H54N2O8/c1-7-11-13-27(9-3)25-47-43(49)31-17-15-29-37-30(16-18-32(38(31)37)44(47)50)41-36(56-22-20-54-6)24-34-39-33(23-35(40(29)42(39)41)55-21-19-53-5)45(51)48(46(34)52)26-28(10-4)14-12-8-2/h15-18,23-24,27-28H,7-14,19-22,25-26H2,1-6H3. The van der Waals surface area contributed by atoms with Gasteiger partial charge in [-0.2, -0.15) is 0 Å². The van der Waals surface area contributed by atoms with Gasteiger partial charge in [-0.05, 0) is 65.1 Å². The lowest BCUT2D eigenvalue weighted by atomic mass is 9.81. The number of hydrogen-bond donors (Lipinski definition) is 0. The van der Waals surface area contributed by atoms with Gasteiger partial charge < -0.3 is 18.9 Å². The molecule has 0 N–H and O–H groups in total. The maximum atomic E-state index is 14.6. The largest absolute Gasteiger partial charge is 0.490 e. The van der Waals surface area contributed by atoms with Gasteiger partial charge in [-0.15, -0.1) is 0 Å². The van der Waals surface area contributed by atoms with E-state index < -0.39 is 0 Å². The third kappa shape index (κ3) is 6.64. The van der Waals surface area contributed by atoms with Crippen LogP contribution in [0.2, 0.25) is 0 Å². The number of carbonyl (C=O) groups is 4. The maximum Gasteiger partial charge on any atom is 0.261 e. The third-order valence-corrected chi connectivity index (χ3v) is 12.0. The number of amides is 4. The molecular formula is C46H54N2O8. The third-order valence-electron chi connectivity index (χ3n) is 12.0. The minimum Gasteiger partial charge on any atom is -0.490 e. The van der Waals surface area contributed by atoms with Gasteiger partial charge in [0.05, 0.1) is 24.3 Å². The Morgan fingerprint density at radius 1 is 0.500 bits per heavy atom. The molecule has 10 heteroatoms. The summed E-state index contributed by atoms with van der Waals surface area (Å²) in [6.07, 6.45) is 7.74. The van der Waals surface area contributed by atoms with Gasteiger partial charge >= 0.3 is 0 Å². The fraction of sp³-hybridized carbons (Fsp3) is 0.478. The number of rotatable bonds is 20. The molecule has 0 aliphatic carbocycles. The number of hydrogen-bond acceptors (Lipinski definition) is 8. The van der Waals surface area contributed by atoms with Crippen molar-refractivity contribution in [3.63, 3.8) is 0 Å². The van der Waals surface area contributed by atoms with Crippen LogP contribution in [0, 0.1) is 11.8 Å². The monoisotopic (exact) mass is 762 g/mol. The molecule has 5 aromatic carbocycles. The number of carbonyl (C=O) groups excluding carboxylic acids is 4. The van der Waals surface area contributed by atoms with Crippen LogP contribution in [0.3, 0.4) is 0 Å². The Bertz CT molecular complexity index is 2180. The number of methoxy groups -OCH3 is 2. The Morgan fingerprint density at radius 3 is 1.30 bits per heavy atom. The van der Waals surface area contributed by atoms with E-state index in [0.29, 0.717) is 87.0 Å². The Balaban J connectivity index is 1.52. The van der Waals surface area contributed by atoms with Crippen LogP contribution in [0.4, 0.5) is 0 Å². The van der Waals surface area contributed by atoms with Gasteiger partial charge in [-0.25, -0.2) is 0 Å².